The number of aliphatic imine (C=N–C) groups is 1. The number of hydrogen-bond donors (Lipinski definition) is 1. The number of nitrogens with two attached hydrogens (primary N) is 1. The molecule has 0 spiro atoms. The summed E-state index contributed by atoms with van der Waals surface area (Å²) in [5.74, 6) is 0.472. The number of para-hydroxylation sites is 1. The van der Waals surface area contributed by atoms with Gasteiger partial charge >= 0.3 is 0 Å². The normalized spacial score (nSPS) is 15.9. The highest BCUT2D eigenvalue weighted by atomic mass is 35.5. The van der Waals surface area contributed by atoms with Crippen LogP contribution in [0.1, 0.15) is 0 Å². The second-order valence-corrected chi connectivity index (χ2v) is 3.78. The number of anilines is 1. The Hall–Kier alpha value is -0.930. The fraction of sp³-hybridized carbons (Fsp3) is 0.222. The van der Waals surface area contributed by atoms with Gasteiger partial charge in [0.2, 0.25) is 0 Å². The summed E-state index contributed by atoms with van der Waals surface area (Å²) in [5, 5.41) is 1.19. The summed E-state index contributed by atoms with van der Waals surface area (Å²) in [6.45, 7) is 1.42. The largest absolute Gasteiger partial charge is 0.370 e. The number of nitrogens with zero attached hydrogens (tertiary/aromatic N) is 2. The van der Waals surface area contributed by atoms with E-state index < -0.39 is 0 Å². The minimum atomic E-state index is 0.472. The molecule has 0 aromatic heterocycles. The Morgan fingerprint density at radius 3 is 2.43 bits per heavy atom. The van der Waals surface area contributed by atoms with E-state index >= 15 is 0 Å². The maximum Gasteiger partial charge on any atom is 0.196 e. The van der Waals surface area contributed by atoms with Crippen molar-refractivity contribution in [2.45, 2.75) is 0 Å². The lowest BCUT2D eigenvalue weighted by Gasteiger charge is -2.20. The highest BCUT2D eigenvalue weighted by molar-refractivity contribution is 6.40. The Labute approximate surface area is 92.1 Å². The summed E-state index contributed by atoms with van der Waals surface area (Å²) in [5.41, 5.74) is 6.45. The molecule has 1 heterocycles. The zero-order valence-corrected chi connectivity index (χ0v) is 8.89. The van der Waals surface area contributed by atoms with Gasteiger partial charge in [-0.2, -0.15) is 0 Å². The average molecular weight is 230 g/mol. The van der Waals surface area contributed by atoms with Crippen LogP contribution in [-0.4, -0.2) is 19.0 Å². The third-order valence-electron chi connectivity index (χ3n) is 2.08. The number of guanidine groups is 1. The maximum atomic E-state index is 6.04. The first-order valence-corrected chi connectivity index (χ1v) is 4.97. The second-order valence-electron chi connectivity index (χ2n) is 2.96. The van der Waals surface area contributed by atoms with Crippen molar-refractivity contribution in [3.05, 3.63) is 28.2 Å². The van der Waals surface area contributed by atoms with Crippen LogP contribution in [0.3, 0.4) is 0 Å². The molecule has 0 fully saturated rings. The number of hydrogen-bond acceptors (Lipinski definition) is 3. The fourth-order valence-electron chi connectivity index (χ4n) is 1.44. The van der Waals surface area contributed by atoms with Crippen LogP contribution >= 0.6 is 23.2 Å². The second kappa shape index (κ2) is 3.67. The Balaban J connectivity index is 2.46. The number of halogens is 2. The van der Waals surface area contributed by atoms with Gasteiger partial charge in [0.25, 0.3) is 0 Å². The van der Waals surface area contributed by atoms with E-state index in [1.165, 1.54) is 0 Å². The summed E-state index contributed by atoms with van der Waals surface area (Å²) >= 11 is 12.1. The van der Waals surface area contributed by atoms with Gasteiger partial charge in [-0.15, -0.1) is 0 Å². The van der Waals surface area contributed by atoms with Crippen LogP contribution in [0.4, 0.5) is 5.69 Å². The van der Waals surface area contributed by atoms with Crippen molar-refractivity contribution in [3.8, 4) is 0 Å². The first kappa shape index (κ1) is 9.62. The van der Waals surface area contributed by atoms with E-state index in [1.807, 2.05) is 4.90 Å². The lowest BCUT2D eigenvalue weighted by molar-refractivity contribution is 1.02. The third-order valence-corrected chi connectivity index (χ3v) is 2.69. The molecule has 0 bridgehead atoms. The van der Waals surface area contributed by atoms with Crippen molar-refractivity contribution < 1.29 is 0 Å². The van der Waals surface area contributed by atoms with E-state index in [2.05, 4.69) is 4.99 Å². The van der Waals surface area contributed by atoms with Crippen LogP contribution in [0.5, 0.6) is 0 Å². The Morgan fingerprint density at radius 2 is 1.93 bits per heavy atom. The molecule has 0 saturated carbocycles. The standard InChI is InChI=1S/C9H9Cl2N3/c10-6-2-1-3-7(11)8(6)14-5-4-13-9(14)12/h1-3H,4-5H2,(H2,12,13). The van der Waals surface area contributed by atoms with Gasteiger partial charge in [-0.1, -0.05) is 29.3 Å². The molecule has 1 aliphatic heterocycles. The minimum Gasteiger partial charge on any atom is -0.370 e. The summed E-state index contributed by atoms with van der Waals surface area (Å²) in [4.78, 5) is 5.90. The summed E-state index contributed by atoms with van der Waals surface area (Å²) in [7, 11) is 0. The molecule has 0 radical (unpaired) electrons. The first-order valence-electron chi connectivity index (χ1n) is 4.21. The third kappa shape index (κ3) is 1.53. The number of rotatable bonds is 1. The molecule has 2 rings (SSSR count). The predicted octanol–water partition coefficient (Wildman–Crippen LogP) is 2.13. The van der Waals surface area contributed by atoms with Crippen LogP contribution in [0, 0.1) is 0 Å². The SMILES string of the molecule is NC1=NCCN1c1c(Cl)cccc1Cl. The van der Waals surface area contributed by atoms with E-state index in [-0.39, 0.29) is 0 Å². The van der Waals surface area contributed by atoms with Gasteiger partial charge in [0, 0.05) is 6.54 Å². The van der Waals surface area contributed by atoms with E-state index in [0.29, 0.717) is 22.5 Å². The molecule has 1 aliphatic rings. The molecule has 2 N–H and O–H groups in total. The molecule has 3 nitrogen and oxygen atoms in total. The van der Waals surface area contributed by atoms with Gasteiger partial charge in [0.05, 0.1) is 22.3 Å². The van der Waals surface area contributed by atoms with Crippen molar-refractivity contribution in [2.75, 3.05) is 18.0 Å². The van der Waals surface area contributed by atoms with Gasteiger partial charge in [-0.3, -0.25) is 4.99 Å². The van der Waals surface area contributed by atoms with Crippen molar-refractivity contribution >= 4 is 34.8 Å². The summed E-state index contributed by atoms with van der Waals surface area (Å²) < 4.78 is 0. The average Bonchev–Trinajstić information content (AvgIpc) is 2.52. The van der Waals surface area contributed by atoms with Crippen LogP contribution in [-0.2, 0) is 0 Å². The topological polar surface area (TPSA) is 41.6 Å². The quantitative estimate of drug-likeness (QED) is 0.802. The van der Waals surface area contributed by atoms with E-state index in [4.69, 9.17) is 28.9 Å². The summed E-state index contributed by atoms with van der Waals surface area (Å²) in [6.07, 6.45) is 0. The molecule has 0 unspecified atom stereocenters. The summed E-state index contributed by atoms with van der Waals surface area (Å²) in [6, 6.07) is 5.38. The molecule has 1 aromatic carbocycles. The van der Waals surface area contributed by atoms with Crippen LogP contribution < -0.4 is 10.6 Å². The minimum absolute atomic E-state index is 0.472. The van der Waals surface area contributed by atoms with E-state index in [9.17, 15) is 0 Å². The zero-order valence-electron chi connectivity index (χ0n) is 7.37. The molecule has 0 saturated heterocycles. The lowest BCUT2D eigenvalue weighted by atomic mass is 10.3. The van der Waals surface area contributed by atoms with Gasteiger partial charge in [-0.05, 0) is 12.1 Å². The van der Waals surface area contributed by atoms with Gasteiger partial charge in [0.1, 0.15) is 0 Å². The smallest absolute Gasteiger partial charge is 0.196 e. The van der Waals surface area contributed by atoms with E-state index in [0.717, 1.165) is 12.2 Å². The zero-order chi connectivity index (χ0) is 10.1. The molecule has 14 heavy (non-hydrogen) atoms. The highest BCUT2D eigenvalue weighted by Gasteiger charge is 2.20. The van der Waals surface area contributed by atoms with Gasteiger partial charge in [-0.25, -0.2) is 0 Å². The fourth-order valence-corrected chi connectivity index (χ4v) is 2.04. The Kier molecular flexibility index (Phi) is 2.52. The van der Waals surface area contributed by atoms with Crippen LogP contribution in [0.25, 0.3) is 0 Å². The van der Waals surface area contributed by atoms with Crippen molar-refractivity contribution in [3.63, 3.8) is 0 Å². The van der Waals surface area contributed by atoms with Crippen molar-refractivity contribution in [1.82, 2.24) is 0 Å². The maximum absolute atomic E-state index is 6.04. The molecule has 74 valence electrons. The van der Waals surface area contributed by atoms with Crippen LogP contribution in [0.15, 0.2) is 23.2 Å². The first-order chi connectivity index (χ1) is 6.70. The molecular weight excluding hydrogens is 221 g/mol. The molecule has 1 aromatic rings. The molecule has 0 amide bonds. The van der Waals surface area contributed by atoms with Crippen molar-refractivity contribution in [2.24, 2.45) is 10.7 Å². The molecule has 0 aliphatic carbocycles. The Bertz CT molecular complexity index is 369. The number of benzene rings is 1. The molecule has 0 atom stereocenters. The van der Waals surface area contributed by atoms with Gasteiger partial charge in [0.15, 0.2) is 5.96 Å². The predicted molar refractivity (Wildman–Crippen MR) is 60.3 cm³/mol. The van der Waals surface area contributed by atoms with Gasteiger partial charge < -0.3 is 10.6 Å². The molecule has 5 heteroatoms. The van der Waals surface area contributed by atoms with Crippen LogP contribution in [0.2, 0.25) is 10.0 Å². The monoisotopic (exact) mass is 229 g/mol. The molecular formula is C9H9Cl2N3. The highest BCUT2D eigenvalue weighted by Crippen LogP contribution is 2.33. The van der Waals surface area contributed by atoms with E-state index in [1.54, 1.807) is 18.2 Å². The Morgan fingerprint density at radius 1 is 1.29 bits per heavy atom. The van der Waals surface area contributed by atoms with Crippen molar-refractivity contribution in [1.29, 1.82) is 0 Å². The lowest BCUT2D eigenvalue weighted by Crippen LogP contribution is -2.34.